The molecule has 0 fully saturated rings. The molecule has 0 aliphatic heterocycles. The summed E-state index contributed by atoms with van der Waals surface area (Å²) in [6.45, 7) is 2.27. The van der Waals surface area contributed by atoms with Crippen molar-refractivity contribution < 1.29 is 4.79 Å². The Hall–Kier alpha value is -3.48. The first-order chi connectivity index (χ1) is 12.2. The predicted octanol–water partition coefficient (Wildman–Crippen LogP) is 1.97. The smallest absolute Gasteiger partial charge is 0.262 e. The van der Waals surface area contributed by atoms with E-state index in [-0.39, 0.29) is 17.4 Å². The zero-order chi connectivity index (χ0) is 17.6. The molecule has 0 radical (unpaired) electrons. The summed E-state index contributed by atoms with van der Waals surface area (Å²) in [5.74, 6) is -0.0803. The zero-order valence-corrected chi connectivity index (χ0v) is 13.6. The molecule has 0 saturated heterocycles. The van der Waals surface area contributed by atoms with Gasteiger partial charge in [-0.3, -0.25) is 30.0 Å². The molecule has 7 nitrogen and oxygen atoms in total. The quantitative estimate of drug-likeness (QED) is 0.550. The monoisotopic (exact) mass is 335 g/mol. The van der Waals surface area contributed by atoms with Gasteiger partial charge >= 0.3 is 0 Å². The number of aromatic nitrogens is 3. The van der Waals surface area contributed by atoms with Crippen molar-refractivity contribution in [2.75, 3.05) is 5.43 Å². The average molecular weight is 335 g/mol. The van der Waals surface area contributed by atoms with Crippen LogP contribution in [0.25, 0.3) is 17.0 Å². The molecule has 3 rings (SSSR count). The van der Waals surface area contributed by atoms with Gasteiger partial charge in [0.25, 0.3) is 11.5 Å². The normalized spacial score (nSPS) is 10.9. The van der Waals surface area contributed by atoms with E-state index in [4.69, 9.17) is 0 Å². The molecule has 0 aliphatic carbocycles. The SMILES string of the molecule is CCn1c(NNC(=O)/C=C/c2cccnc2)nc2ccccc2c1=O. The van der Waals surface area contributed by atoms with Gasteiger partial charge in [-0.05, 0) is 36.8 Å². The molecule has 2 aromatic heterocycles. The first-order valence-corrected chi connectivity index (χ1v) is 7.82. The van der Waals surface area contributed by atoms with Gasteiger partial charge in [0.05, 0.1) is 10.9 Å². The van der Waals surface area contributed by atoms with Crippen molar-refractivity contribution in [1.82, 2.24) is 20.0 Å². The lowest BCUT2D eigenvalue weighted by Gasteiger charge is -2.13. The number of fused-ring (bicyclic) bond motifs is 1. The Labute approximate surface area is 144 Å². The molecule has 2 heterocycles. The van der Waals surface area contributed by atoms with Crippen LogP contribution in [0.4, 0.5) is 5.95 Å². The van der Waals surface area contributed by atoms with Crippen LogP contribution in [0.1, 0.15) is 12.5 Å². The van der Waals surface area contributed by atoms with Crippen molar-refractivity contribution in [1.29, 1.82) is 0 Å². The minimum Gasteiger partial charge on any atom is -0.277 e. The van der Waals surface area contributed by atoms with E-state index in [1.807, 2.05) is 19.1 Å². The number of amides is 1. The molecular formula is C18H17N5O2. The Morgan fingerprint density at radius 3 is 2.84 bits per heavy atom. The number of para-hydroxylation sites is 1. The fraction of sp³-hybridized carbons (Fsp3) is 0.111. The molecule has 2 N–H and O–H groups in total. The molecule has 0 spiro atoms. The fourth-order valence-electron chi connectivity index (χ4n) is 2.36. The van der Waals surface area contributed by atoms with Gasteiger partial charge in [0.15, 0.2) is 0 Å². The van der Waals surface area contributed by atoms with Crippen LogP contribution in [-0.4, -0.2) is 20.4 Å². The first-order valence-electron chi connectivity index (χ1n) is 7.82. The Balaban J connectivity index is 1.77. The third-order valence-electron chi connectivity index (χ3n) is 3.59. The summed E-state index contributed by atoms with van der Waals surface area (Å²) < 4.78 is 1.47. The molecule has 0 bridgehead atoms. The molecule has 3 aromatic rings. The van der Waals surface area contributed by atoms with Gasteiger partial charge in [-0.15, -0.1) is 0 Å². The van der Waals surface area contributed by atoms with Gasteiger partial charge in [0.2, 0.25) is 5.95 Å². The van der Waals surface area contributed by atoms with Gasteiger partial charge in [-0.25, -0.2) is 4.98 Å². The number of rotatable bonds is 5. The van der Waals surface area contributed by atoms with Gasteiger partial charge in [-0.1, -0.05) is 18.2 Å². The van der Waals surface area contributed by atoms with E-state index in [0.717, 1.165) is 5.56 Å². The fourth-order valence-corrected chi connectivity index (χ4v) is 2.36. The van der Waals surface area contributed by atoms with E-state index in [1.54, 1.807) is 42.7 Å². The van der Waals surface area contributed by atoms with Crippen LogP contribution >= 0.6 is 0 Å². The highest BCUT2D eigenvalue weighted by Gasteiger charge is 2.09. The van der Waals surface area contributed by atoms with Crippen molar-refractivity contribution in [2.45, 2.75) is 13.5 Å². The number of hydrogen-bond acceptors (Lipinski definition) is 5. The Morgan fingerprint density at radius 2 is 2.08 bits per heavy atom. The summed E-state index contributed by atoms with van der Waals surface area (Å²) in [5, 5.41) is 0.540. The molecule has 1 aromatic carbocycles. The number of benzene rings is 1. The summed E-state index contributed by atoms with van der Waals surface area (Å²) in [5.41, 5.74) is 6.46. The largest absolute Gasteiger partial charge is 0.277 e. The van der Waals surface area contributed by atoms with Crippen molar-refractivity contribution >= 4 is 28.8 Å². The Kier molecular flexibility index (Phi) is 4.84. The molecule has 7 heteroatoms. The molecule has 1 amide bonds. The van der Waals surface area contributed by atoms with Crippen LogP contribution in [0.2, 0.25) is 0 Å². The number of hydrogen-bond donors (Lipinski definition) is 2. The molecule has 0 atom stereocenters. The predicted molar refractivity (Wildman–Crippen MR) is 96.7 cm³/mol. The Morgan fingerprint density at radius 1 is 1.24 bits per heavy atom. The molecule has 25 heavy (non-hydrogen) atoms. The zero-order valence-electron chi connectivity index (χ0n) is 13.6. The number of carbonyl (C=O) groups is 1. The number of nitrogens with zero attached hydrogens (tertiary/aromatic N) is 3. The summed E-state index contributed by atoms with van der Waals surface area (Å²) >= 11 is 0. The first kappa shape index (κ1) is 16.4. The van der Waals surface area contributed by atoms with E-state index in [2.05, 4.69) is 20.8 Å². The lowest BCUT2D eigenvalue weighted by molar-refractivity contribution is -0.116. The number of anilines is 1. The van der Waals surface area contributed by atoms with Gasteiger partial charge in [0, 0.05) is 25.0 Å². The van der Waals surface area contributed by atoms with E-state index in [0.29, 0.717) is 17.4 Å². The second-order valence-corrected chi connectivity index (χ2v) is 5.24. The van der Waals surface area contributed by atoms with Crippen LogP contribution in [0, 0.1) is 0 Å². The summed E-state index contributed by atoms with van der Waals surface area (Å²) in [7, 11) is 0. The Bertz CT molecular complexity index is 980. The average Bonchev–Trinajstić information content (AvgIpc) is 2.65. The highest BCUT2D eigenvalue weighted by molar-refractivity contribution is 5.92. The maximum Gasteiger partial charge on any atom is 0.262 e. The molecule has 0 unspecified atom stereocenters. The number of pyridine rings is 1. The van der Waals surface area contributed by atoms with Crippen molar-refractivity contribution in [3.63, 3.8) is 0 Å². The summed E-state index contributed by atoms with van der Waals surface area (Å²) in [4.78, 5) is 32.8. The topological polar surface area (TPSA) is 88.9 Å². The second kappa shape index (κ2) is 7.39. The van der Waals surface area contributed by atoms with Crippen molar-refractivity contribution in [3.05, 3.63) is 70.8 Å². The minimum absolute atomic E-state index is 0.157. The molecular weight excluding hydrogens is 318 g/mol. The van der Waals surface area contributed by atoms with Crippen LogP contribution in [0.15, 0.2) is 59.7 Å². The number of carbonyl (C=O) groups excluding carboxylic acids is 1. The van der Waals surface area contributed by atoms with E-state index in [1.165, 1.54) is 10.6 Å². The molecule has 126 valence electrons. The standard InChI is InChI=1S/C18H17N5O2/c1-2-23-17(25)14-7-3-4-8-15(14)20-18(23)22-21-16(24)10-9-13-6-5-11-19-12-13/h3-12H,2H2,1H3,(H,20,22)(H,21,24)/b10-9+. The van der Waals surface area contributed by atoms with Crippen LogP contribution in [0.5, 0.6) is 0 Å². The molecule has 0 saturated carbocycles. The summed E-state index contributed by atoms with van der Waals surface area (Å²) in [6.07, 6.45) is 6.33. The second-order valence-electron chi connectivity index (χ2n) is 5.24. The minimum atomic E-state index is -0.367. The highest BCUT2D eigenvalue weighted by Crippen LogP contribution is 2.10. The third-order valence-corrected chi connectivity index (χ3v) is 3.59. The summed E-state index contributed by atoms with van der Waals surface area (Å²) in [6, 6.07) is 10.7. The number of nitrogens with one attached hydrogen (secondary N) is 2. The number of hydrazine groups is 1. The van der Waals surface area contributed by atoms with Crippen molar-refractivity contribution in [2.24, 2.45) is 0 Å². The lowest BCUT2D eigenvalue weighted by atomic mass is 10.2. The van der Waals surface area contributed by atoms with Crippen LogP contribution in [0.3, 0.4) is 0 Å². The van der Waals surface area contributed by atoms with Crippen LogP contribution < -0.4 is 16.4 Å². The van der Waals surface area contributed by atoms with E-state index < -0.39 is 0 Å². The van der Waals surface area contributed by atoms with E-state index in [9.17, 15) is 9.59 Å². The molecule has 0 aliphatic rings. The van der Waals surface area contributed by atoms with E-state index >= 15 is 0 Å². The van der Waals surface area contributed by atoms with Gasteiger partial charge in [0.1, 0.15) is 0 Å². The highest BCUT2D eigenvalue weighted by atomic mass is 16.2. The maximum atomic E-state index is 12.5. The van der Waals surface area contributed by atoms with Gasteiger partial charge < -0.3 is 0 Å². The lowest BCUT2D eigenvalue weighted by Crippen LogP contribution is -2.33. The maximum absolute atomic E-state index is 12.5. The van der Waals surface area contributed by atoms with Crippen molar-refractivity contribution in [3.8, 4) is 0 Å². The van der Waals surface area contributed by atoms with Gasteiger partial charge in [-0.2, -0.15) is 0 Å². The third kappa shape index (κ3) is 3.72. The van der Waals surface area contributed by atoms with Crippen LogP contribution in [-0.2, 0) is 11.3 Å².